The molecule has 2 amide bonds. The summed E-state index contributed by atoms with van der Waals surface area (Å²) in [5.41, 5.74) is 1.42. The van der Waals surface area contributed by atoms with Crippen molar-refractivity contribution in [3.8, 4) is 5.75 Å². The number of hydrogen-bond acceptors (Lipinski definition) is 6. The summed E-state index contributed by atoms with van der Waals surface area (Å²) >= 11 is 12.0. The van der Waals surface area contributed by atoms with Crippen molar-refractivity contribution in [2.24, 2.45) is 0 Å². The Bertz CT molecular complexity index is 1280. The van der Waals surface area contributed by atoms with E-state index in [0.29, 0.717) is 34.0 Å². The normalized spacial score (nSPS) is 13.3. The average Bonchev–Trinajstić information content (AvgIpc) is 3.04. The van der Waals surface area contributed by atoms with Gasteiger partial charge in [0, 0.05) is 16.3 Å². The lowest BCUT2D eigenvalue weighted by molar-refractivity contribution is -0.120. The van der Waals surface area contributed by atoms with Gasteiger partial charge in [0.2, 0.25) is 0 Å². The molecule has 164 valence electrons. The number of halogens is 2. The number of amides is 2. The van der Waals surface area contributed by atoms with Crippen LogP contribution in [-0.4, -0.2) is 24.1 Å². The van der Waals surface area contributed by atoms with E-state index >= 15 is 0 Å². The van der Waals surface area contributed by atoms with Crippen LogP contribution in [0.5, 0.6) is 5.75 Å². The van der Waals surface area contributed by atoms with Crippen LogP contribution in [0.15, 0.2) is 83.5 Å². The first-order chi connectivity index (χ1) is 15.9. The average molecular weight is 481 g/mol. The maximum absolute atomic E-state index is 12.8. The van der Waals surface area contributed by atoms with Gasteiger partial charge < -0.3 is 10.1 Å². The smallest absolute Gasteiger partial charge is 0.343 e. The number of benzene rings is 3. The molecule has 0 bridgehead atoms. The zero-order valence-corrected chi connectivity index (χ0v) is 18.3. The molecule has 7 nitrogen and oxygen atoms in total. The lowest BCUT2D eigenvalue weighted by Gasteiger charge is -2.15. The Labute approximate surface area is 198 Å². The van der Waals surface area contributed by atoms with E-state index in [-0.39, 0.29) is 16.3 Å². The minimum atomic E-state index is -0.660. The fraction of sp³-hybridized carbons (Fsp3) is 0. The van der Waals surface area contributed by atoms with Crippen LogP contribution < -0.4 is 15.0 Å². The second-order valence-electron chi connectivity index (χ2n) is 6.89. The summed E-state index contributed by atoms with van der Waals surface area (Å²) in [6.07, 6.45) is 0.691. The maximum atomic E-state index is 12.8. The molecule has 0 saturated heterocycles. The molecule has 3 aromatic carbocycles. The van der Waals surface area contributed by atoms with Crippen LogP contribution in [0.25, 0.3) is 0 Å². The van der Waals surface area contributed by atoms with Gasteiger partial charge in [-0.1, -0.05) is 23.2 Å². The topological polar surface area (TPSA) is 92.8 Å². The van der Waals surface area contributed by atoms with Crippen molar-refractivity contribution < 1.29 is 23.9 Å². The molecule has 0 saturated carbocycles. The van der Waals surface area contributed by atoms with Gasteiger partial charge in [-0.05, 0) is 72.8 Å². The summed E-state index contributed by atoms with van der Waals surface area (Å²) in [5.74, 6) is -1.58. The lowest BCUT2D eigenvalue weighted by atomic mass is 10.2. The Kier molecular flexibility index (Phi) is 6.26. The third kappa shape index (κ3) is 4.64. The van der Waals surface area contributed by atoms with Crippen molar-refractivity contribution in [2.75, 3.05) is 10.2 Å². The zero-order chi connectivity index (χ0) is 23.5. The third-order valence-electron chi connectivity index (χ3n) is 4.73. The fourth-order valence-electron chi connectivity index (χ4n) is 3.05. The Morgan fingerprint density at radius 2 is 1.48 bits per heavy atom. The highest BCUT2D eigenvalue weighted by molar-refractivity contribution is 6.53. The molecular weight excluding hydrogens is 467 g/mol. The molecule has 0 spiro atoms. The molecule has 0 fully saturated rings. The monoisotopic (exact) mass is 480 g/mol. The van der Waals surface area contributed by atoms with E-state index in [1.165, 1.54) is 48.5 Å². The minimum Gasteiger partial charge on any atom is -0.423 e. The SMILES string of the molecule is O=Cc1ccc(OC(=O)c2ccc(NC3=C(Cl)C(=O)N(c4ccc(Cl)cc4)C3=O)cc2)cc1. The van der Waals surface area contributed by atoms with Gasteiger partial charge in [0.25, 0.3) is 11.8 Å². The van der Waals surface area contributed by atoms with Gasteiger partial charge in [0.15, 0.2) is 0 Å². The summed E-state index contributed by atoms with van der Waals surface area (Å²) < 4.78 is 5.27. The van der Waals surface area contributed by atoms with E-state index in [0.717, 1.165) is 4.90 Å². The molecule has 1 heterocycles. The second kappa shape index (κ2) is 9.28. The number of esters is 1. The van der Waals surface area contributed by atoms with Gasteiger partial charge in [-0.2, -0.15) is 0 Å². The van der Waals surface area contributed by atoms with E-state index in [1.54, 1.807) is 24.3 Å². The molecule has 0 aromatic heterocycles. The molecule has 1 aliphatic heterocycles. The molecule has 33 heavy (non-hydrogen) atoms. The van der Waals surface area contributed by atoms with Crippen LogP contribution in [-0.2, 0) is 9.59 Å². The number of anilines is 2. The van der Waals surface area contributed by atoms with Gasteiger partial charge in [0.05, 0.1) is 11.3 Å². The van der Waals surface area contributed by atoms with Gasteiger partial charge in [-0.3, -0.25) is 14.4 Å². The highest BCUT2D eigenvalue weighted by Gasteiger charge is 2.38. The van der Waals surface area contributed by atoms with Gasteiger partial charge in [0.1, 0.15) is 22.8 Å². The van der Waals surface area contributed by atoms with Crippen LogP contribution in [0.2, 0.25) is 5.02 Å². The minimum absolute atomic E-state index is 0.0813. The van der Waals surface area contributed by atoms with Crippen LogP contribution in [0, 0.1) is 0 Å². The lowest BCUT2D eigenvalue weighted by Crippen LogP contribution is -2.32. The van der Waals surface area contributed by atoms with Crippen molar-refractivity contribution in [2.45, 2.75) is 0 Å². The molecular formula is C24H14Cl2N2O5. The van der Waals surface area contributed by atoms with Crippen LogP contribution in [0.1, 0.15) is 20.7 Å². The number of carbonyl (C=O) groups excluding carboxylic acids is 4. The Morgan fingerprint density at radius 1 is 0.848 bits per heavy atom. The van der Waals surface area contributed by atoms with E-state index in [1.807, 2.05) is 0 Å². The molecule has 1 N–H and O–H groups in total. The van der Waals surface area contributed by atoms with Crippen molar-refractivity contribution in [1.82, 2.24) is 0 Å². The Hall–Kier alpha value is -3.94. The molecule has 9 heteroatoms. The molecule has 0 unspecified atom stereocenters. The van der Waals surface area contributed by atoms with E-state index < -0.39 is 17.8 Å². The predicted octanol–water partition coefficient (Wildman–Crippen LogP) is 4.81. The number of ether oxygens (including phenoxy) is 1. The summed E-state index contributed by atoms with van der Waals surface area (Å²) in [4.78, 5) is 49.3. The molecule has 0 aliphatic carbocycles. The molecule has 4 rings (SSSR count). The molecule has 1 aliphatic rings. The van der Waals surface area contributed by atoms with Crippen LogP contribution in [0.3, 0.4) is 0 Å². The van der Waals surface area contributed by atoms with Crippen molar-refractivity contribution in [3.05, 3.63) is 99.7 Å². The Morgan fingerprint density at radius 3 is 2.09 bits per heavy atom. The van der Waals surface area contributed by atoms with Gasteiger partial charge >= 0.3 is 5.97 Å². The third-order valence-corrected chi connectivity index (χ3v) is 5.33. The number of imide groups is 1. The summed E-state index contributed by atoms with van der Waals surface area (Å²) in [6, 6.07) is 18.4. The van der Waals surface area contributed by atoms with Gasteiger partial charge in [-0.15, -0.1) is 0 Å². The predicted molar refractivity (Wildman–Crippen MR) is 124 cm³/mol. The first-order valence-electron chi connectivity index (χ1n) is 9.56. The maximum Gasteiger partial charge on any atom is 0.343 e. The van der Waals surface area contributed by atoms with Crippen LogP contribution >= 0.6 is 23.2 Å². The van der Waals surface area contributed by atoms with Crippen molar-refractivity contribution in [3.63, 3.8) is 0 Å². The van der Waals surface area contributed by atoms with Crippen molar-refractivity contribution >= 4 is 58.6 Å². The van der Waals surface area contributed by atoms with E-state index in [4.69, 9.17) is 27.9 Å². The summed E-state index contributed by atoms with van der Waals surface area (Å²) in [7, 11) is 0. The number of hydrogen-bond donors (Lipinski definition) is 1. The number of nitrogens with zero attached hydrogens (tertiary/aromatic N) is 1. The summed E-state index contributed by atoms with van der Waals surface area (Å²) in [5, 5.41) is 3.05. The first-order valence-corrected chi connectivity index (χ1v) is 10.3. The standard InChI is InChI=1S/C24H14Cl2N2O5/c25-16-5-9-18(10-6-16)28-22(30)20(26)21(23(28)31)27-17-7-3-15(4-8-17)24(32)33-19-11-1-14(13-29)2-12-19/h1-13,27H. The number of nitrogens with one attached hydrogen (secondary N) is 1. The molecule has 0 radical (unpaired) electrons. The highest BCUT2D eigenvalue weighted by atomic mass is 35.5. The van der Waals surface area contributed by atoms with Gasteiger partial charge in [-0.25, -0.2) is 9.69 Å². The quantitative estimate of drug-likeness (QED) is 0.235. The largest absolute Gasteiger partial charge is 0.423 e. The first kappa shape index (κ1) is 22.3. The fourth-order valence-corrected chi connectivity index (χ4v) is 3.39. The number of aldehydes is 1. The zero-order valence-electron chi connectivity index (χ0n) is 16.7. The summed E-state index contributed by atoms with van der Waals surface area (Å²) in [6.45, 7) is 0. The highest BCUT2D eigenvalue weighted by Crippen LogP contribution is 2.30. The van der Waals surface area contributed by atoms with E-state index in [2.05, 4.69) is 5.32 Å². The molecule has 0 atom stereocenters. The number of carbonyl (C=O) groups is 4. The second-order valence-corrected chi connectivity index (χ2v) is 7.70. The van der Waals surface area contributed by atoms with Crippen LogP contribution in [0.4, 0.5) is 11.4 Å². The van der Waals surface area contributed by atoms with E-state index in [9.17, 15) is 19.2 Å². The molecule has 3 aromatic rings. The Balaban J connectivity index is 1.46. The number of rotatable bonds is 6. The van der Waals surface area contributed by atoms with Crippen molar-refractivity contribution in [1.29, 1.82) is 0 Å².